The van der Waals surface area contributed by atoms with E-state index in [9.17, 15) is 0 Å². The van der Waals surface area contributed by atoms with Crippen molar-refractivity contribution in [3.05, 3.63) is 138 Å². The maximum absolute atomic E-state index is 15.8. The maximum Gasteiger partial charge on any atom is 0.226 e. The molecule has 0 bridgehead atoms. The molecule has 2 aromatic heterocycles. The van der Waals surface area contributed by atoms with Crippen molar-refractivity contribution < 1.29 is 13.9 Å². The lowest BCUT2D eigenvalue weighted by atomic mass is 10.1. The SMILES string of the molecule is Cn1nc(-c2ccc(OCc3ccccc3)nc2OCc2ccccc2)c2ccc(NCc3ccccc3)c(F)c21. The highest BCUT2D eigenvalue weighted by atomic mass is 19.1. The molecule has 204 valence electrons. The Balaban J connectivity index is 1.33. The number of ether oxygens (including phenoxy) is 2. The third-order valence-corrected chi connectivity index (χ3v) is 6.81. The van der Waals surface area contributed by atoms with E-state index in [2.05, 4.69) is 5.32 Å². The average Bonchev–Trinajstić information content (AvgIpc) is 3.36. The lowest BCUT2D eigenvalue weighted by molar-refractivity contribution is 0.268. The number of hydrogen-bond acceptors (Lipinski definition) is 5. The molecular weight excluding hydrogens is 515 g/mol. The van der Waals surface area contributed by atoms with Gasteiger partial charge in [-0.05, 0) is 34.9 Å². The molecule has 0 spiro atoms. The molecule has 1 N–H and O–H groups in total. The molecule has 0 aliphatic heterocycles. The molecular formula is C34H29FN4O2. The van der Waals surface area contributed by atoms with Crippen LogP contribution < -0.4 is 14.8 Å². The quantitative estimate of drug-likeness (QED) is 0.193. The van der Waals surface area contributed by atoms with Gasteiger partial charge in [-0.1, -0.05) is 91.0 Å². The molecule has 0 saturated carbocycles. The van der Waals surface area contributed by atoms with E-state index in [1.165, 1.54) is 0 Å². The first-order valence-corrected chi connectivity index (χ1v) is 13.4. The third kappa shape index (κ3) is 5.89. The second-order valence-electron chi connectivity index (χ2n) is 9.69. The standard InChI is InChI=1S/C34H29FN4O2/c1-39-33-27(17-19-29(31(33)35)36-21-24-11-5-2-6-12-24)32(38-39)28-18-20-30(40-22-25-13-7-3-8-14-25)37-34(28)41-23-26-15-9-4-10-16-26/h2-20,36H,21-23H2,1H3. The predicted octanol–water partition coefficient (Wildman–Crippen LogP) is 7.54. The summed E-state index contributed by atoms with van der Waals surface area (Å²) >= 11 is 0. The molecule has 4 aromatic carbocycles. The fourth-order valence-corrected chi connectivity index (χ4v) is 4.71. The molecule has 41 heavy (non-hydrogen) atoms. The zero-order valence-corrected chi connectivity index (χ0v) is 22.6. The summed E-state index contributed by atoms with van der Waals surface area (Å²) in [5, 5.41) is 8.59. The topological polar surface area (TPSA) is 61.2 Å². The Kier molecular flexibility index (Phi) is 7.58. The van der Waals surface area contributed by atoms with Gasteiger partial charge in [0.1, 0.15) is 24.4 Å². The van der Waals surface area contributed by atoms with Gasteiger partial charge in [0, 0.05) is 25.0 Å². The van der Waals surface area contributed by atoms with Crippen molar-refractivity contribution in [2.24, 2.45) is 7.05 Å². The second-order valence-corrected chi connectivity index (χ2v) is 9.69. The summed E-state index contributed by atoms with van der Waals surface area (Å²) in [6.07, 6.45) is 0. The van der Waals surface area contributed by atoms with Crippen LogP contribution in [0.3, 0.4) is 0 Å². The number of nitrogens with one attached hydrogen (secondary N) is 1. The van der Waals surface area contributed by atoms with Gasteiger partial charge >= 0.3 is 0 Å². The first-order chi connectivity index (χ1) is 20.2. The minimum Gasteiger partial charge on any atom is -0.473 e. The summed E-state index contributed by atoms with van der Waals surface area (Å²) in [6.45, 7) is 1.21. The van der Waals surface area contributed by atoms with E-state index in [0.717, 1.165) is 16.7 Å². The zero-order chi connectivity index (χ0) is 28.0. The van der Waals surface area contributed by atoms with Gasteiger partial charge in [-0.2, -0.15) is 10.1 Å². The van der Waals surface area contributed by atoms with E-state index in [-0.39, 0.29) is 5.82 Å². The smallest absolute Gasteiger partial charge is 0.226 e. The Morgan fingerprint density at radius 2 is 1.32 bits per heavy atom. The van der Waals surface area contributed by atoms with Crippen LogP contribution in [0.4, 0.5) is 10.1 Å². The number of hydrogen-bond donors (Lipinski definition) is 1. The van der Waals surface area contributed by atoms with Crippen LogP contribution in [0.5, 0.6) is 11.8 Å². The van der Waals surface area contributed by atoms with Crippen LogP contribution in [0.25, 0.3) is 22.2 Å². The van der Waals surface area contributed by atoms with Gasteiger partial charge < -0.3 is 14.8 Å². The van der Waals surface area contributed by atoms with Crippen LogP contribution in [0.2, 0.25) is 0 Å². The Morgan fingerprint density at radius 3 is 1.98 bits per heavy atom. The number of halogens is 1. The number of pyridine rings is 1. The van der Waals surface area contributed by atoms with Crippen LogP contribution in [0.15, 0.2) is 115 Å². The van der Waals surface area contributed by atoms with Crippen molar-refractivity contribution in [2.75, 3.05) is 5.32 Å². The lowest BCUT2D eigenvalue weighted by Crippen LogP contribution is -2.03. The van der Waals surface area contributed by atoms with E-state index in [0.29, 0.717) is 59.4 Å². The van der Waals surface area contributed by atoms with Gasteiger partial charge in [0.15, 0.2) is 5.82 Å². The van der Waals surface area contributed by atoms with Gasteiger partial charge in [0.05, 0.1) is 11.3 Å². The second kappa shape index (κ2) is 11.9. The van der Waals surface area contributed by atoms with Gasteiger partial charge in [-0.15, -0.1) is 0 Å². The summed E-state index contributed by atoms with van der Waals surface area (Å²) in [6, 6.07) is 37.0. The van der Waals surface area contributed by atoms with Crippen molar-refractivity contribution in [2.45, 2.75) is 19.8 Å². The third-order valence-electron chi connectivity index (χ3n) is 6.81. The van der Waals surface area contributed by atoms with Crippen molar-refractivity contribution in [1.29, 1.82) is 0 Å². The van der Waals surface area contributed by atoms with Crippen molar-refractivity contribution in [3.8, 4) is 23.0 Å². The Morgan fingerprint density at radius 1 is 0.707 bits per heavy atom. The molecule has 6 nitrogen and oxygen atoms in total. The molecule has 2 heterocycles. The molecule has 0 atom stereocenters. The van der Waals surface area contributed by atoms with Gasteiger partial charge in [-0.3, -0.25) is 4.68 Å². The van der Waals surface area contributed by atoms with Crippen molar-refractivity contribution in [1.82, 2.24) is 14.8 Å². The largest absolute Gasteiger partial charge is 0.473 e. The molecule has 0 aliphatic rings. The van der Waals surface area contributed by atoms with E-state index in [1.54, 1.807) is 23.9 Å². The minimum absolute atomic E-state index is 0.315. The number of nitrogens with zero attached hydrogens (tertiary/aromatic N) is 3. The van der Waals surface area contributed by atoms with Crippen LogP contribution in [-0.2, 0) is 26.8 Å². The van der Waals surface area contributed by atoms with E-state index in [1.807, 2.05) is 103 Å². The van der Waals surface area contributed by atoms with Crippen LogP contribution in [0.1, 0.15) is 16.7 Å². The normalized spacial score (nSPS) is 11.0. The predicted molar refractivity (Wildman–Crippen MR) is 159 cm³/mol. The number of aryl methyl sites for hydroxylation is 1. The molecule has 7 heteroatoms. The number of benzene rings is 4. The van der Waals surface area contributed by atoms with Gasteiger partial charge in [0.2, 0.25) is 11.8 Å². The Bertz CT molecular complexity index is 1760. The van der Waals surface area contributed by atoms with Crippen LogP contribution in [0, 0.1) is 5.82 Å². The van der Waals surface area contributed by atoms with Crippen LogP contribution in [-0.4, -0.2) is 14.8 Å². The van der Waals surface area contributed by atoms with Gasteiger partial charge in [0.25, 0.3) is 0 Å². The molecule has 0 unspecified atom stereocenters. The summed E-state index contributed by atoms with van der Waals surface area (Å²) in [4.78, 5) is 4.70. The lowest BCUT2D eigenvalue weighted by Gasteiger charge is -2.13. The first-order valence-electron chi connectivity index (χ1n) is 13.4. The molecule has 0 radical (unpaired) electrons. The van der Waals surface area contributed by atoms with Crippen LogP contribution >= 0.6 is 0 Å². The maximum atomic E-state index is 15.8. The first kappa shape index (κ1) is 26.1. The number of rotatable bonds is 10. The summed E-state index contributed by atoms with van der Waals surface area (Å²) in [5.41, 5.74) is 5.16. The molecule has 0 aliphatic carbocycles. The molecule has 0 amide bonds. The highest BCUT2D eigenvalue weighted by Crippen LogP contribution is 2.37. The highest BCUT2D eigenvalue weighted by Gasteiger charge is 2.21. The summed E-state index contributed by atoms with van der Waals surface area (Å²) in [7, 11) is 1.74. The fraction of sp³-hybridized carbons (Fsp3) is 0.118. The number of fused-ring (bicyclic) bond motifs is 1. The molecule has 0 fully saturated rings. The highest BCUT2D eigenvalue weighted by molar-refractivity contribution is 5.96. The molecule has 6 aromatic rings. The van der Waals surface area contributed by atoms with E-state index >= 15 is 4.39 Å². The summed E-state index contributed by atoms with van der Waals surface area (Å²) < 4.78 is 29.5. The molecule has 0 saturated heterocycles. The fourth-order valence-electron chi connectivity index (χ4n) is 4.71. The summed E-state index contributed by atoms with van der Waals surface area (Å²) in [5.74, 6) is 0.438. The van der Waals surface area contributed by atoms with Crippen molar-refractivity contribution >= 4 is 16.6 Å². The van der Waals surface area contributed by atoms with E-state index in [4.69, 9.17) is 19.6 Å². The zero-order valence-electron chi connectivity index (χ0n) is 22.6. The Hall–Kier alpha value is -5.17. The minimum atomic E-state index is -0.359. The van der Waals surface area contributed by atoms with E-state index < -0.39 is 0 Å². The average molecular weight is 545 g/mol. The monoisotopic (exact) mass is 544 g/mol. The number of anilines is 1. The number of aromatic nitrogens is 3. The Labute approximate surface area is 238 Å². The van der Waals surface area contributed by atoms with Gasteiger partial charge in [-0.25, -0.2) is 4.39 Å². The van der Waals surface area contributed by atoms with Crippen molar-refractivity contribution in [3.63, 3.8) is 0 Å². The molecule has 6 rings (SSSR count).